The Balaban J connectivity index is 3.71. The first-order valence-electron chi connectivity index (χ1n) is 5.71. The third-order valence-electron chi connectivity index (χ3n) is 2.67. The van der Waals surface area contributed by atoms with Crippen LogP contribution in [0.2, 0.25) is 0 Å². The molecule has 0 radical (unpaired) electrons. The smallest absolute Gasteiger partial charge is 0.332 e. The van der Waals surface area contributed by atoms with Crippen LogP contribution >= 0.6 is 0 Å². The van der Waals surface area contributed by atoms with E-state index in [-0.39, 0.29) is 24.4 Å². The maximum absolute atomic E-state index is 11.3. The number of aliphatic hydroxyl groups is 1. The Morgan fingerprint density at radius 2 is 1.88 bits per heavy atom. The minimum Gasteiger partial charge on any atom is -0.479 e. The van der Waals surface area contributed by atoms with E-state index in [0.29, 0.717) is 6.54 Å². The SMILES string of the molecule is CCC(C)(C)CNC(=O)NCCC(O)C(=O)O. The van der Waals surface area contributed by atoms with Gasteiger partial charge in [-0.2, -0.15) is 0 Å². The topological polar surface area (TPSA) is 98.7 Å². The second-order valence-corrected chi connectivity index (χ2v) is 4.77. The van der Waals surface area contributed by atoms with E-state index in [1.807, 2.05) is 20.8 Å². The zero-order valence-electron chi connectivity index (χ0n) is 10.6. The quantitative estimate of drug-likeness (QED) is 0.527. The number of hydrogen-bond acceptors (Lipinski definition) is 3. The first kappa shape index (κ1) is 15.7. The van der Waals surface area contributed by atoms with Gasteiger partial charge in [0.1, 0.15) is 0 Å². The molecule has 1 unspecified atom stereocenters. The van der Waals surface area contributed by atoms with Gasteiger partial charge in [0.25, 0.3) is 0 Å². The molecule has 1 atom stereocenters. The monoisotopic (exact) mass is 246 g/mol. The Hall–Kier alpha value is -1.30. The summed E-state index contributed by atoms with van der Waals surface area (Å²) in [6.07, 6.45) is -0.479. The van der Waals surface area contributed by atoms with Gasteiger partial charge in [-0.05, 0) is 11.8 Å². The Morgan fingerprint density at radius 3 is 2.35 bits per heavy atom. The van der Waals surface area contributed by atoms with E-state index in [2.05, 4.69) is 10.6 Å². The van der Waals surface area contributed by atoms with Crippen LogP contribution in [-0.4, -0.2) is 41.4 Å². The van der Waals surface area contributed by atoms with Crippen LogP contribution in [0.15, 0.2) is 0 Å². The Labute approximate surface area is 101 Å². The van der Waals surface area contributed by atoms with Crippen LogP contribution in [0.5, 0.6) is 0 Å². The minimum absolute atomic E-state index is 0.0000754. The highest BCUT2D eigenvalue weighted by Gasteiger charge is 2.16. The number of hydrogen-bond donors (Lipinski definition) is 4. The molecule has 0 bridgehead atoms. The van der Waals surface area contributed by atoms with Crippen molar-refractivity contribution in [3.8, 4) is 0 Å². The summed E-state index contributed by atoms with van der Waals surface area (Å²) in [5.41, 5.74) is 0.0396. The lowest BCUT2D eigenvalue weighted by Gasteiger charge is -2.22. The molecule has 2 amide bonds. The van der Waals surface area contributed by atoms with E-state index in [1.54, 1.807) is 0 Å². The minimum atomic E-state index is -1.43. The molecule has 100 valence electrons. The first-order chi connectivity index (χ1) is 7.78. The van der Waals surface area contributed by atoms with Crippen molar-refractivity contribution in [3.63, 3.8) is 0 Å². The van der Waals surface area contributed by atoms with E-state index in [1.165, 1.54) is 0 Å². The maximum Gasteiger partial charge on any atom is 0.332 e. The molecule has 4 N–H and O–H groups in total. The second kappa shape index (κ2) is 7.11. The average Bonchev–Trinajstić information content (AvgIpc) is 2.26. The lowest BCUT2D eigenvalue weighted by atomic mass is 9.90. The molecule has 6 heteroatoms. The van der Waals surface area contributed by atoms with Crippen LogP contribution in [0.25, 0.3) is 0 Å². The Kier molecular flexibility index (Phi) is 6.57. The molecular weight excluding hydrogens is 224 g/mol. The first-order valence-corrected chi connectivity index (χ1v) is 5.71. The molecule has 0 rings (SSSR count). The summed E-state index contributed by atoms with van der Waals surface area (Å²) in [5.74, 6) is -1.28. The predicted octanol–water partition coefficient (Wildman–Crippen LogP) is 0.557. The van der Waals surface area contributed by atoms with Crippen molar-refractivity contribution >= 4 is 12.0 Å². The molecule has 17 heavy (non-hydrogen) atoms. The van der Waals surface area contributed by atoms with E-state index in [9.17, 15) is 9.59 Å². The Bertz CT molecular complexity index is 266. The van der Waals surface area contributed by atoms with Gasteiger partial charge in [-0.15, -0.1) is 0 Å². The molecule has 0 aromatic carbocycles. The van der Waals surface area contributed by atoms with Crippen molar-refractivity contribution in [1.29, 1.82) is 0 Å². The van der Waals surface area contributed by atoms with Crippen LogP contribution in [0.3, 0.4) is 0 Å². The summed E-state index contributed by atoms with van der Waals surface area (Å²) in [6.45, 7) is 6.81. The summed E-state index contributed by atoms with van der Waals surface area (Å²) < 4.78 is 0. The number of nitrogens with one attached hydrogen (secondary N) is 2. The van der Waals surface area contributed by atoms with E-state index in [0.717, 1.165) is 6.42 Å². The number of aliphatic carboxylic acids is 1. The van der Waals surface area contributed by atoms with Gasteiger partial charge >= 0.3 is 12.0 Å². The number of urea groups is 1. The average molecular weight is 246 g/mol. The van der Waals surface area contributed by atoms with Crippen LogP contribution < -0.4 is 10.6 Å². The number of carboxylic acids is 1. The summed E-state index contributed by atoms with van der Waals surface area (Å²) in [5, 5.41) is 22.6. The van der Waals surface area contributed by atoms with Crippen molar-refractivity contribution in [2.24, 2.45) is 5.41 Å². The van der Waals surface area contributed by atoms with Crippen LogP contribution in [0.1, 0.15) is 33.6 Å². The largest absolute Gasteiger partial charge is 0.479 e. The van der Waals surface area contributed by atoms with Gasteiger partial charge in [-0.1, -0.05) is 20.8 Å². The molecule has 0 saturated carbocycles. The van der Waals surface area contributed by atoms with Gasteiger partial charge in [0.05, 0.1) is 0 Å². The van der Waals surface area contributed by atoms with Crippen molar-refractivity contribution in [3.05, 3.63) is 0 Å². The van der Waals surface area contributed by atoms with Crippen LogP contribution in [-0.2, 0) is 4.79 Å². The summed E-state index contributed by atoms with van der Waals surface area (Å²) >= 11 is 0. The van der Waals surface area contributed by atoms with Crippen molar-refractivity contribution < 1.29 is 19.8 Å². The summed E-state index contributed by atoms with van der Waals surface area (Å²) in [6, 6.07) is -0.343. The normalized spacial score (nSPS) is 12.9. The third-order valence-corrected chi connectivity index (χ3v) is 2.67. The number of carbonyl (C=O) groups excluding carboxylic acids is 1. The van der Waals surface area contributed by atoms with E-state index in [4.69, 9.17) is 10.2 Å². The van der Waals surface area contributed by atoms with Crippen LogP contribution in [0.4, 0.5) is 4.79 Å². The number of aliphatic hydroxyl groups excluding tert-OH is 1. The highest BCUT2D eigenvalue weighted by molar-refractivity contribution is 5.74. The fraction of sp³-hybridized carbons (Fsp3) is 0.818. The molecule has 0 heterocycles. The van der Waals surface area contributed by atoms with Gasteiger partial charge in [0.2, 0.25) is 0 Å². The fourth-order valence-corrected chi connectivity index (χ4v) is 0.953. The Morgan fingerprint density at radius 1 is 1.29 bits per heavy atom. The van der Waals surface area contributed by atoms with Crippen LogP contribution in [0, 0.1) is 5.41 Å². The summed E-state index contributed by atoms with van der Waals surface area (Å²) in [4.78, 5) is 21.6. The molecule has 0 aliphatic carbocycles. The number of carbonyl (C=O) groups is 2. The molecule has 0 fully saturated rings. The van der Waals surface area contributed by atoms with Crippen molar-refractivity contribution in [2.45, 2.75) is 39.7 Å². The summed E-state index contributed by atoms with van der Waals surface area (Å²) in [7, 11) is 0. The second-order valence-electron chi connectivity index (χ2n) is 4.77. The van der Waals surface area contributed by atoms with Gasteiger partial charge in [-0.25, -0.2) is 9.59 Å². The van der Waals surface area contributed by atoms with Gasteiger partial charge in [-0.3, -0.25) is 0 Å². The predicted molar refractivity (Wildman–Crippen MR) is 63.7 cm³/mol. The third kappa shape index (κ3) is 7.57. The van der Waals surface area contributed by atoms with E-state index >= 15 is 0 Å². The highest BCUT2D eigenvalue weighted by Crippen LogP contribution is 2.17. The number of amides is 2. The molecule has 0 aromatic heterocycles. The van der Waals surface area contributed by atoms with Gasteiger partial charge in [0.15, 0.2) is 6.10 Å². The molecule has 6 nitrogen and oxygen atoms in total. The maximum atomic E-state index is 11.3. The molecular formula is C11H22N2O4. The van der Waals surface area contributed by atoms with Crippen molar-refractivity contribution in [2.75, 3.05) is 13.1 Å². The van der Waals surface area contributed by atoms with E-state index < -0.39 is 12.1 Å². The lowest BCUT2D eigenvalue weighted by molar-refractivity contribution is -0.146. The van der Waals surface area contributed by atoms with Crippen molar-refractivity contribution in [1.82, 2.24) is 10.6 Å². The van der Waals surface area contributed by atoms with Gasteiger partial charge in [0, 0.05) is 19.5 Å². The molecule has 0 aliphatic heterocycles. The highest BCUT2D eigenvalue weighted by atomic mass is 16.4. The molecule has 0 spiro atoms. The standard InChI is InChI=1S/C11H22N2O4/c1-4-11(2,3)7-13-10(17)12-6-5-8(14)9(15)16/h8,14H,4-7H2,1-3H3,(H,15,16)(H2,12,13,17). The number of rotatable bonds is 7. The lowest BCUT2D eigenvalue weighted by Crippen LogP contribution is -2.41. The zero-order valence-corrected chi connectivity index (χ0v) is 10.6. The van der Waals surface area contributed by atoms with Gasteiger partial charge < -0.3 is 20.8 Å². The molecule has 0 aromatic rings. The molecule has 0 aliphatic rings. The number of carboxylic acid groups (broad SMARTS) is 1. The fourth-order valence-electron chi connectivity index (χ4n) is 0.953. The zero-order chi connectivity index (χ0) is 13.5. The molecule has 0 saturated heterocycles.